The fourth-order valence-corrected chi connectivity index (χ4v) is 5.53. The van der Waals surface area contributed by atoms with E-state index < -0.39 is 0 Å². The number of aromatic amines is 2. The van der Waals surface area contributed by atoms with Crippen molar-refractivity contribution in [1.82, 2.24) is 15.3 Å². The van der Waals surface area contributed by atoms with Crippen LogP contribution in [0, 0.1) is 13.8 Å². The van der Waals surface area contributed by atoms with Gasteiger partial charge in [-0.05, 0) is 81.0 Å². The first-order chi connectivity index (χ1) is 21.4. The number of rotatable bonds is 11. The van der Waals surface area contributed by atoms with Crippen LogP contribution in [-0.4, -0.2) is 53.7 Å². The normalized spacial score (nSPS) is 16.6. The van der Waals surface area contributed by atoms with Crippen LogP contribution in [0.1, 0.15) is 66.8 Å². The molecule has 0 fully saturated rings. The molecule has 0 saturated heterocycles. The number of methoxy groups -OCH3 is 2. The van der Waals surface area contributed by atoms with E-state index in [1.54, 1.807) is 32.1 Å². The minimum atomic E-state index is -0.378. The zero-order valence-corrected chi connectivity index (χ0v) is 26.5. The third kappa shape index (κ3) is 6.64. The Morgan fingerprint density at radius 3 is 2.09 bits per heavy atom. The Morgan fingerprint density at radius 1 is 0.800 bits per heavy atom. The van der Waals surface area contributed by atoms with Crippen molar-refractivity contribution in [3.05, 3.63) is 91.6 Å². The van der Waals surface area contributed by atoms with Crippen molar-refractivity contribution in [1.29, 1.82) is 0 Å². The van der Waals surface area contributed by atoms with Gasteiger partial charge >= 0.3 is 11.9 Å². The molecule has 10 nitrogen and oxygen atoms in total. The summed E-state index contributed by atoms with van der Waals surface area (Å²) in [5.74, 6) is -1.23. The molecule has 2 amide bonds. The maximum Gasteiger partial charge on any atom is 0.305 e. The highest BCUT2D eigenvalue weighted by Gasteiger charge is 2.24. The van der Waals surface area contributed by atoms with Crippen molar-refractivity contribution >= 4 is 53.8 Å². The van der Waals surface area contributed by atoms with Crippen LogP contribution < -0.4 is 16.0 Å². The monoisotopic (exact) mass is 610 g/mol. The Morgan fingerprint density at radius 2 is 1.47 bits per heavy atom. The van der Waals surface area contributed by atoms with E-state index in [0.717, 1.165) is 44.6 Å². The lowest BCUT2D eigenvalue weighted by Gasteiger charge is -2.04. The molecule has 4 heterocycles. The zero-order chi connectivity index (χ0) is 33.0. The number of nitrogens with zero attached hydrogens (tertiary/aromatic N) is 1. The lowest BCUT2D eigenvalue weighted by atomic mass is 10.00. The van der Waals surface area contributed by atoms with Crippen LogP contribution in [0.25, 0.3) is 24.3 Å². The summed E-state index contributed by atoms with van der Waals surface area (Å²) >= 11 is 0. The molecule has 2 aromatic rings. The van der Waals surface area contributed by atoms with Crippen LogP contribution in [0.15, 0.2) is 52.2 Å². The Hall–Kier alpha value is -5.25. The fourth-order valence-electron chi connectivity index (χ4n) is 5.53. The number of ether oxygens (including phenoxy) is 2. The lowest BCUT2D eigenvalue weighted by Crippen LogP contribution is -2.16. The molecule has 10 heteroatoms. The van der Waals surface area contributed by atoms with Gasteiger partial charge in [-0.3, -0.25) is 19.2 Å². The van der Waals surface area contributed by atoms with E-state index in [1.165, 1.54) is 14.2 Å². The predicted molar refractivity (Wildman–Crippen MR) is 174 cm³/mol. The molecule has 0 spiro atoms. The van der Waals surface area contributed by atoms with E-state index in [2.05, 4.69) is 33.4 Å². The summed E-state index contributed by atoms with van der Waals surface area (Å²) in [6.07, 6.45) is 10.0. The summed E-state index contributed by atoms with van der Waals surface area (Å²) in [4.78, 5) is 59.9. The molecule has 2 aliphatic heterocycles. The number of carbonyl (C=O) groups excluding carboxylic acids is 4. The van der Waals surface area contributed by atoms with Crippen molar-refractivity contribution in [3.8, 4) is 0 Å². The molecular weight excluding hydrogens is 572 g/mol. The van der Waals surface area contributed by atoms with Gasteiger partial charge in [0.1, 0.15) is 0 Å². The lowest BCUT2D eigenvalue weighted by molar-refractivity contribution is -0.141. The quantitative estimate of drug-likeness (QED) is 0.332. The maximum absolute atomic E-state index is 12.5. The number of aliphatic imine (C=N–C) groups is 1. The Balaban J connectivity index is 1.85. The third-order valence-electron chi connectivity index (χ3n) is 8.29. The Bertz CT molecular complexity index is 1890. The van der Waals surface area contributed by atoms with Crippen LogP contribution >= 0.6 is 0 Å². The van der Waals surface area contributed by atoms with Crippen molar-refractivity contribution in [2.45, 2.75) is 53.4 Å². The SMILES string of the molecule is C=CC1=C(C)C(=O)N/C1=C\c1[nH]c(/C=c2/[nH]/c(=C\C3=NC(=O)C(C)=C3CCC(=O)OC)c(CCC(=O)OC)c2C)c(C=C)c1C. The highest BCUT2D eigenvalue weighted by atomic mass is 16.5. The minimum Gasteiger partial charge on any atom is -0.469 e. The highest BCUT2D eigenvalue weighted by Crippen LogP contribution is 2.27. The van der Waals surface area contributed by atoms with E-state index in [-0.39, 0.29) is 36.6 Å². The van der Waals surface area contributed by atoms with E-state index in [9.17, 15) is 19.2 Å². The molecule has 2 aromatic heterocycles. The summed E-state index contributed by atoms with van der Waals surface area (Å²) in [6, 6.07) is 0. The number of allylic oxidation sites excluding steroid dienone is 2. The molecule has 0 bridgehead atoms. The zero-order valence-electron chi connectivity index (χ0n) is 26.5. The summed E-state index contributed by atoms with van der Waals surface area (Å²) in [5.41, 5.74) is 8.84. The van der Waals surface area contributed by atoms with E-state index in [4.69, 9.17) is 9.47 Å². The van der Waals surface area contributed by atoms with Gasteiger partial charge in [0.15, 0.2) is 0 Å². The van der Waals surface area contributed by atoms with Crippen molar-refractivity contribution in [2.24, 2.45) is 4.99 Å². The van der Waals surface area contributed by atoms with Crippen LogP contribution in [0.3, 0.4) is 0 Å². The van der Waals surface area contributed by atoms with Gasteiger partial charge in [0.25, 0.3) is 11.8 Å². The number of hydrogen-bond acceptors (Lipinski definition) is 6. The van der Waals surface area contributed by atoms with Crippen molar-refractivity contribution < 1.29 is 28.7 Å². The molecular formula is C35H38N4O6. The molecule has 2 aliphatic rings. The fraction of sp³-hybridized carbons (Fsp3) is 0.286. The van der Waals surface area contributed by atoms with Crippen LogP contribution in [0.2, 0.25) is 0 Å². The summed E-state index contributed by atoms with van der Waals surface area (Å²) in [6.45, 7) is 15.2. The van der Waals surface area contributed by atoms with Crippen LogP contribution in [0.5, 0.6) is 0 Å². The number of esters is 2. The first-order valence-electron chi connectivity index (χ1n) is 14.5. The molecule has 0 aliphatic carbocycles. The average Bonchev–Trinajstić information content (AvgIpc) is 3.67. The summed E-state index contributed by atoms with van der Waals surface area (Å²) < 4.78 is 9.67. The maximum atomic E-state index is 12.5. The number of H-pyrrole nitrogens is 2. The number of nitrogens with one attached hydrogen (secondary N) is 3. The standard InChI is InChI=1S/C35H38N4O6/c1-9-22-18(3)26(16-29-23(10-2)20(5)34(42)38-29)36-28(22)15-27-19(4)24(11-13-32(40)44-7)30(37-27)17-31-25(12-14-33(41)45-8)21(6)35(43)39-31/h9-10,15-17,36-37H,1-2,11-14H2,3-8H3,(H,38,42)/b27-15+,29-16-,30-17-. The molecule has 0 radical (unpaired) electrons. The van der Waals surface area contributed by atoms with E-state index in [0.29, 0.717) is 46.3 Å². The molecule has 3 N–H and O–H groups in total. The third-order valence-corrected chi connectivity index (χ3v) is 8.29. The second kappa shape index (κ2) is 13.6. The van der Waals surface area contributed by atoms with Crippen LogP contribution in [-0.2, 0) is 35.1 Å². The molecule has 0 atom stereocenters. The van der Waals surface area contributed by atoms with Gasteiger partial charge < -0.3 is 24.8 Å². The van der Waals surface area contributed by atoms with Gasteiger partial charge in [-0.2, -0.15) is 0 Å². The second-order valence-corrected chi connectivity index (χ2v) is 10.9. The van der Waals surface area contributed by atoms with Gasteiger partial charge in [0.05, 0.1) is 25.6 Å². The number of carbonyl (C=O) groups is 4. The van der Waals surface area contributed by atoms with Crippen molar-refractivity contribution in [2.75, 3.05) is 14.2 Å². The van der Waals surface area contributed by atoms with Gasteiger partial charge in [-0.25, -0.2) is 4.99 Å². The second-order valence-electron chi connectivity index (χ2n) is 10.9. The molecule has 4 rings (SSSR count). The summed E-state index contributed by atoms with van der Waals surface area (Å²) in [7, 11) is 2.67. The Kier molecular flexibility index (Phi) is 9.86. The molecule has 0 aromatic carbocycles. The molecule has 0 unspecified atom stereocenters. The van der Waals surface area contributed by atoms with E-state index >= 15 is 0 Å². The van der Waals surface area contributed by atoms with Gasteiger partial charge in [-0.15, -0.1) is 0 Å². The van der Waals surface area contributed by atoms with Gasteiger partial charge in [-0.1, -0.05) is 25.3 Å². The predicted octanol–water partition coefficient (Wildman–Crippen LogP) is 3.54. The molecule has 0 saturated carbocycles. The van der Waals surface area contributed by atoms with Gasteiger partial charge in [0, 0.05) is 57.2 Å². The first kappa shape index (κ1) is 32.7. The summed E-state index contributed by atoms with van der Waals surface area (Å²) in [5, 5.41) is 4.37. The average molecular weight is 611 g/mol. The van der Waals surface area contributed by atoms with Gasteiger partial charge in [0.2, 0.25) is 0 Å². The number of amides is 2. The number of aromatic nitrogens is 2. The molecule has 234 valence electrons. The largest absolute Gasteiger partial charge is 0.469 e. The van der Waals surface area contributed by atoms with Crippen LogP contribution in [0.4, 0.5) is 0 Å². The van der Waals surface area contributed by atoms with E-state index in [1.807, 2.05) is 26.0 Å². The minimum absolute atomic E-state index is 0.115. The van der Waals surface area contributed by atoms with Crippen molar-refractivity contribution in [3.63, 3.8) is 0 Å². The topological polar surface area (TPSA) is 143 Å². The first-order valence-corrected chi connectivity index (χ1v) is 14.5. The smallest absolute Gasteiger partial charge is 0.305 e. The Labute approximate surface area is 261 Å². The molecule has 45 heavy (non-hydrogen) atoms. The number of hydrogen-bond donors (Lipinski definition) is 3. The highest BCUT2D eigenvalue weighted by molar-refractivity contribution is 6.31.